The van der Waals surface area contributed by atoms with Gasteiger partial charge in [0.2, 0.25) is 5.89 Å². The van der Waals surface area contributed by atoms with Crippen LogP contribution in [0, 0.1) is 5.92 Å². The predicted molar refractivity (Wildman–Crippen MR) is 56.9 cm³/mol. The number of methoxy groups -OCH3 is 1. The number of hydrogen-bond donors (Lipinski definition) is 1. The fourth-order valence-corrected chi connectivity index (χ4v) is 2.14. The molecule has 1 saturated carbocycles. The molecule has 5 nitrogen and oxygen atoms in total. The van der Waals surface area contributed by atoms with Gasteiger partial charge in [0.1, 0.15) is 0 Å². The van der Waals surface area contributed by atoms with Crippen LogP contribution in [0.25, 0.3) is 0 Å². The quantitative estimate of drug-likeness (QED) is 0.827. The smallest absolute Gasteiger partial charge is 0.243 e. The lowest BCUT2D eigenvalue weighted by atomic mass is 10.2. The third-order valence-electron chi connectivity index (χ3n) is 3.37. The minimum absolute atomic E-state index is 0.172. The van der Waals surface area contributed by atoms with Crippen molar-refractivity contribution in [1.82, 2.24) is 15.5 Å². The number of nitrogens with one attached hydrogen (secondary N) is 1. The Morgan fingerprint density at radius 1 is 1.50 bits per heavy atom. The molecule has 1 aliphatic carbocycles. The molecular formula is C11H17N3O2. The first-order valence-corrected chi connectivity index (χ1v) is 5.94. The second-order valence-electron chi connectivity index (χ2n) is 4.75. The largest absolute Gasteiger partial charge is 0.380 e. The third-order valence-corrected chi connectivity index (χ3v) is 3.37. The molecule has 5 heteroatoms. The van der Waals surface area contributed by atoms with Gasteiger partial charge in [-0.3, -0.25) is 0 Å². The van der Waals surface area contributed by atoms with E-state index in [2.05, 4.69) is 15.5 Å². The SMILES string of the molecule is COC1CNC(c2nc(CC3CC3)no2)C1. The summed E-state index contributed by atoms with van der Waals surface area (Å²) in [5.74, 6) is 2.38. The van der Waals surface area contributed by atoms with Crippen LogP contribution in [0.15, 0.2) is 4.52 Å². The van der Waals surface area contributed by atoms with E-state index in [-0.39, 0.29) is 12.1 Å². The van der Waals surface area contributed by atoms with Crippen molar-refractivity contribution in [1.29, 1.82) is 0 Å². The van der Waals surface area contributed by atoms with E-state index >= 15 is 0 Å². The Labute approximate surface area is 94.6 Å². The number of ether oxygens (including phenoxy) is 1. The third kappa shape index (κ3) is 2.10. The summed E-state index contributed by atoms with van der Waals surface area (Å²) in [6, 6.07) is 0.172. The fourth-order valence-electron chi connectivity index (χ4n) is 2.14. The van der Waals surface area contributed by atoms with Gasteiger partial charge in [0.25, 0.3) is 0 Å². The van der Waals surface area contributed by atoms with Crippen LogP contribution >= 0.6 is 0 Å². The van der Waals surface area contributed by atoms with Gasteiger partial charge in [-0.25, -0.2) is 0 Å². The predicted octanol–water partition coefficient (Wildman–Crippen LogP) is 1.07. The Bertz CT molecular complexity index is 362. The fraction of sp³-hybridized carbons (Fsp3) is 0.818. The molecule has 1 N–H and O–H groups in total. The van der Waals surface area contributed by atoms with Crippen molar-refractivity contribution in [2.45, 2.75) is 37.8 Å². The number of aromatic nitrogens is 2. The second kappa shape index (κ2) is 4.14. The van der Waals surface area contributed by atoms with Crippen molar-refractivity contribution in [3.05, 3.63) is 11.7 Å². The minimum atomic E-state index is 0.172. The van der Waals surface area contributed by atoms with E-state index < -0.39 is 0 Å². The Hall–Kier alpha value is -0.940. The average molecular weight is 223 g/mol. The molecule has 1 aliphatic heterocycles. The zero-order valence-corrected chi connectivity index (χ0v) is 9.48. The van der Waals surface area contributed by atoms with E-state index in [1.807, 2.05) is 0 Å². The highest BCUT2D eigenvalue weighted by Gasteiger charge is 2.30. The summed E-state index contributed by atoms with van der Waals surface area (Å²) in [6.45, 7) is 0.863. The molecule has 2 fully saturated rings. The molecule has 1 saturated heterocycles. The molecular weight excluding hydrogens is 206 g/mol. The van der Waals surface area contributed by atoms with E-state index in [4.69, 9.17) is 9.26 Å². The van der Waals surface area contributed by atoms with Crippen molar-refractivity contribution in [3.63, 3.8) is 0 Å². The summed E-state index contributed by atoms with van der Waals surface area (Å²) in [6.07, 6.45) is 4.80. The second-order valence-corrected chi connectivity index (χ2v) is 4.75. The maximum absolute atomic E-state index is 5.29. The molecule has 0 bridgehead atoms. The van der Waals surface area contributed by atoms with Gasteiger partial charge in [-0.15, -0.1) is 0 Å². The zero-order chi connectivity index (χ0) is 11.0. The zero-order valence-electron chi connectivity index (χ0n) is 9.48. The summed E-state index contributed by atoms with van der Waals surface area (Å²) in [5.41, 5.74) is 0. The lowest BCUT2D eigenvalue weighted by Crippen LogP contribution is -2.16. The van der Waals surface area contributed by atoms with Crippen LogP contribution in [-0.2, 0) is 11.2 Å². The first kappa shape index (κ1) is 10.2. The van der Waals surface area contributed by atoms with Crippen molar-refractivity contribution in [2.24, 2.45) is 5.92 Å². The molecule has 2 aliphatic rings. The first-order chi connectivity index (χ1) is 7.85. The van der Waals surface area contributed by atoms with Gasteiger partial charge < -0.3 is 14.6 Å². The van der Waals surface area contributed by atoms with Gasteiger partial charge in [-0.1, -0.05) is 5.16 Å². The van der Waals surface area contributed by atoms with E-state index in [0.29, 0.717) is 0 Å². The highest BCUT2D eigenvalue weighted by atomic mass is 16.5. The normalized spacial score (nSPS) is 29.8. The molecule has 2 atom stereocenters. The van der Waals surface area contributed by atoms with E-state index in [1.165, 1.54) is 12.8 Å². The average Bonchev–Trinajstić information content (AvgIpc) is 2.83. The molecule has 1 aromatic rings. The molecule has 0 amide bonds. The Morgan fingerprint density at radius 2 is 2.38 bits per heavy atom. The maximum atomic E-state index is 5.29. The van der Waals surface area contributed by atoms with Crippen LogP contribution in [0.4, 0.5) is 0 Å². The summed E-state index contributed by atoms with van der Waals surface area (Å²) in [5, 5.41) is 7.36. The summed E-state index contributed by atoms with van der Waals surface area (Å²) in [7, 11) is 1.74. The van der Waals surface area contributed by atoms with Crippen molar-refractivity contribution < 1.29 is 9.26 Å². The highest BCUT2D eigenvalue weighted by Crippen LogP contribution is 2.32. The van der Waals surface area contributed by atoms with Crippen LogP contribution in [-0.4, -0.2) is 29.9 Å². The minimum Gasteiger partial charge on any atom is -0.380 e. The molecule has 0 aromatic carbocycles. The van der Waals surface area contributed by atoms with E-state index in [9.17, 15) is 0 Å². The van der Waals surface area contributed by atoms with Crippen molar-refractivity contribution in [2.75, 3.05) is 13.7 Å². The molecule has 0 radical (unpaired) electrons. The summed E-state index contributed by atoms with van der Waals surface area (Å²) < 4.78 is 10.6. The number of rotatable bonds is 4. The number of nitrogens with zero attached hydrogens (tertiary/aromatic N) is 2. The van der Waals surface area contributed by atoms with Crippen LogP contribution < -0.4 is 5.32 Å². The van der Waals surface area contributed by atoms with Gasteiger partial charge in [-0.2, -0.15) is 4.98 Å². The summed E-state index contributed by atoms with van der Waals surface area (Å²) >= 11 is 0. The summed E-state index contributed by atoms with van der Waals surface area (Å²) in [4.78, 5) is 4.45. The topological polar surface area (TPSA) is 60.2 Å². The lowest BCUT2D eigenvalue weighted by Gasteiger charge is -2.04. The van der Waals surface area contributed by atoms with Crippen molar-refractivity contribution in [3.8, 4) is 0 Å². The van der Waals surface area contributed by atoms with Crippen LogP contribution in [0.1, 0.15) is 37.0 Å². The molecule has 2 heterocycles. The number of hydrogen-bond acceptors (Lipinski definition) is 5. The van der Waals surface area contributed by atoms with E-state index in [0.717, 1.165) is 37.0 Å². The van der Waals surface area contributed by atoms with Crippen molar-refractivity contribution >= 4 is 0 Å². The monoisotopic (exact) mass is 223 g/mol. The van der Waals surface area contributed by atoms with Gasteiger partial charge in [0, 0.05) is 20.1 Å². The molecule has 88 valence electrons. The van der Waals surface area contributed by atoms with Gasteiger partial charge in [-0.05, 0) is 25.2 Å². The molecule has 16 heavy (non-hydrogen) atoms. The van der Waals surface area contributed by atoms with E-state index in [1.54, 1.807) is 7.11 Å². The maximum Gasteiger partial charge on any atom is 0.243 e. The molecule has 2 unspecified atom stereocenters. The van der Waals surface area contributed by atoms with Crippen LogP contribution in [0.5, 0.6) is 0 Å². The Morgan fingerprint density at radius 3 is 3.06 bits per heavy atom. The van der Waals surface area contributed by atoms with Crippen LogP contribution in [0.2, 0.25) is 0 Å². The Balaban J connectivity index is 1.63. The first-order valence-electron chi connectivity index (χ1n) is 5.94. The molecule has 3 rings (SSSR count). The van der Waals surface area contributed by atoms with Gasteiger partial charge in [0.05, 0.1) is 12.1 Å². The molecule has 0 spiro atoms. The molecule has 1 aromatic heterocycles. The van der Waals surface area contributed by atoms with Gasteiger partial charge >= 0.3 is 0 Å². The highest BCUT2D eigenvalue weighted by molar-refractivity contribution is 4.99. The van der Waals surface area contributed by atoms with Gasteiger partial charge in [0.15, 0.2) is 5.82 Å². The lowest BCUT2D eigenvalue weighted by molar-refractivity contribution is 0.116. The Kier molecular flexibility index (Phi) is 2.65. The standard InChI is InChI=1S/C11H17N3O2/c1-15-8-5-9(12-6-8)11-13-10(14-16-11)4-7-2-3-7/h7-9,12H,2-6H2,1H3. The van der Waals surface area contributed by atoms with Crippen LogP contribution in [0.3, 0.4) is 0 Å².